The largest absolute Gasteiger partial charge is 0.416 e. The summed E-state index contributed by atoms with van der Waals surface area (Å²) in [5.74, 6) is -0.709. The summed E-state index contributed by atoms with van der Waals surface area (Å²) in [6.07, 6.45) is -8.60. The van der Waals surface area contributed by atoms with E-state index < -0.39 is 40.4 Å². The summed E-state index contributed by atoms with van der Waals surface area (Å²) in [4.78, 5) is 21.7. The number of piperazine rings is 1. The van der Waals surface area contributed by atoms with Crippen LogP contribution in [0.1, 0.15) is 41.8 Å². The molecule has 4 rings (SSSR count). The molecule has 0 saturated carbocycles. The topological polar surface area (TPSA) is 59.9 Å². The highest BCUT2D eigenvalue weighted by Gasteiger charge is 2.41. The number of aromatic nitrogens is 1. The molecule has 12 heteroatoms. The quantitative estimate of drug-likeness (QED) is 0.329. The molecule has 42 heavy (non-hydrogen) atoms. The summed E-state index contributed by atoms with van der Waals surface area (Å²) in [5, 5.41) is 11.0. The van der Waals surface area contributed by atoms with Crippen molar-refractivity contribution in [2.75, 3.05) is 38.1 Å². The first-order valence-electron chi connectivity index (χ1n) is 13.3. The van der Waals surface area contributed by atoms with Crippen molar-refractivity contribution >= 4 is 11.6 Å². The highest BCUT2D eigenvalue weighted by atomic mass is 19.4. The maximum Gasteiger partial charge on any atom is 0.416 e. The fraction of sp³-hybridized carbons (Fsp3) is 0.400. The maximum atomic E-state index is 13.7. The van der Waals surface area contributed by atoms with Gasteiger partial charge < -0.3 is 10.1 Å². The van der Waals surface area contributed by atoms with E-state index in [-0.39, 0.29) is 6.07 Å². The standard InChI is InChI=1S/C30H32F6N4O2/c1-19-7-5-6-8-24(19)25-16-23(17-37-26(25)18-39-9-11-40(42)12-10-39)38(4)27(41)28(2,3)20-13-21(29(31,32)33)15-22(14-20)30(34,35)36/h5-8,13-17,42H,9-12,18H2,1-4H3. The van der Waals surface area contributed by atoms with Crippen molar-refractivity contribution in [3.05, 3.63) is 82.7 Å². The number of amides is 1. The van der Waals surface area contributed by atoms with Crippen molar-refractivity contribution in [3.63, 3.8) is 0 Å². The number of carbonyl (C=O) groups excluding carboxylic acids is 1. The number of hydroxylamine groups is 2. The first kappa shape index (κ1) is 31.5. The molecule has 6 nitrogen and oxygen atoms in total. The molecule has 0 aliphatic carbocycles. The first-order valence-corrected chi connectivity index (χ1v) is 13.3. The van der Waals surface area contributed by atoms with Crippen molar-refractivity contribution < 1.29 is 36.3 Å². The van der Waals surface area contributed by atoms with Gasteiger partial charge in [0, 0.05) is 45.3 Å². The van der Waals surface area contributed by atoms with Crippen LogP contribution in [0.25, 0.3) is 11.1 Å². The van der Waals surface area contributed by atoms with Gasteiger partial charge >= 0.3 is 12.4 Å². The molecule has 1 aliphatic heterocycles. The van der Waals surface area contributed by atoms with Gasteiger partial charge in [-0.3, -0.25) is 14.7 Å². The smallest absolute Gasteiger partial charge is 0.314 e. The van der Waals surface area contributed by atoms with Crippen LogP contribution in [0.3, 0.4) is 0 Å². The number of hydrogen-bond donors (Lipinski definition) is 1. The SMILES string of the molecule is Cc1ccccc1-c1cc(N(C)C(=O)C(C)(C)c2cc(C(F)(F)F)cc(C(F)(F)F)c2)cnc1CN1CCN(O)CC1. The second-order valence-corrected chi connectivity index (χ2v) is 11.0. The Morgan fingerprint density at radius 2 is 1.43 bits per heavy atom. The number of aryl methyl sites for hydroxylation is 1. The Morgan fingerprint density at radius 3 is 1.98 bits per heavy atom. The molecule has 2 aromatic carbocycles. The summed E-state index contributed by atoms with van der Waals surface area (Å²) >= 11 is 0. The molecule has 226 valence electrons. The fourth-order valence-corrected chi connectivity index (χ4v) is 4.98. The molecule has 1 saturated heterocycles. The Hall–Kier alpha value is -3.48. The zero-order valence-corrected chi connectivity index (χ0v) is 23.6. The summed E-state index contributed by atoms with van der Waals surface area (Å²) in [6, 6.07) is 10.6. The van der Waals surface area contributed by atoms with E-state index in [4.69, 9.17) is 0 Å². The number of benzene rings is 2. The monoisotopic (exact) mass is 594 g/mol. The molecule has 1 fully saturated rings. The van der Waals surface area contributed by atoms with E-state index in [2.05, 4.69) is 9.88 Å². The molecule has 0 spiro atoms. The van der Waals surface area contributed by atoms with Crippen LogP contribution < -0.4 is 4.90 Å². The van der Waals surface area contributed by atoms with E-state index in [9.17, 15) is 36.3 Å². The van der Waals surface area contributed by atoms with Gasteiger partial charge in [-0.1, -0.05) is 24.3 Å². The lowest BCUT2D eigenvalue weighted by molar-refractivity contribution is -0.143. The number of halogens is 6. The average molecular weight is 595 g/mol. The third kappa shape index (κ3) is 6.77. The van der Waals surface area contributed by atoms with E-state index in [1.807, 2.05) is 31.2 Å². The molecular formula is C30H32F6N4O2. The first-order chi connectivity index (χ1) is 19.5. The number of nitrogens with zero attached hydrogens (tertiary/aromatic N) is 4. The highest BCUT2D eigenvalue weighted by Crippen LogP contribution is 2.40. The predicted octanol–water partition coefficient (Wildman–Crippen LogP) is 6.54. The molecule has 1 N–H and O–H groups in total. The summed E-state index contributed by atoms with van der Waals surface area (Å²) in [6.45, 7) is 7.21. The number of hydrogen-bond acceptors (Lipinski definition) is 5. The van der Waals surface area contributed by atoms with Gasteiger partial charge in [-0.2, -0.15) is 31.4 Å². The van der Waals surface area contributed by atoms with Gasteiger partial charge in [0.2, 0.25) is 5.91 Å². The molecular weight excluding hydrogens is 562 g/mol. The maximum absolute atomic E-state index is 13.7. The summed E-state index contributed by atoms with van der Waals surface area (Å²) in [5.41, 5.74) is -1.49. The Labute approximate surface area is 240 Å². The minimum atomic E-state index is -5.03. The van der Waals surface area contributed by atoms with E-state index in [0.29, 0.717) is 50.5 Å². The van der Waals surface area contributed by atoms with Crippen LogP contribution in [-0.4, -0.2) is 59.3 Å². The van der Waals surface area contributed by atoms with Crippen LogP contribution in [0.15, 0.2) is 54.7 Å². The van der Waals surface area contributed by atoms with Crippen molar-refractivity contribution in [1.82, 2.24) is 14.9 Å². The minimum Gasteiger partial charge on any atom is -0.314 e. The summed E-state index contributed by atoms with van der Waals surface area (Å²) in [7, 11) is 1.42. The van der Waals surface area contributed by atoms with Crippen LogP contribution in [0.4, 0.5) is 32.0 Å². The van der Waals surface area contributed by atoms with E-state index in [1.165, 1.54) is 37.1 Å². The predicted molar refractivity (Wildman–Crippen MR) is 146 cm³/mol. The molecule has 1 amide bonds. The fourth-order valence-electron chi connectivity index (χ4n) is 4.98. The van der Waals surface area contributed by atoms with Crippen molar-refractivity contribution in [3.8, 4) is 11.1 Å². The molecule has 1 aliphatic rings. The third-order valence-electron chi connectivity index (χ3n) is 7.65. The Bertz CT molecular complexity index is 1410. The van der Waals surface area contributed by atoms with Gasteiger partial charge in [0.05, 0.1) is 34.1 Å². The molecule has 0 unspecified atom stereocenters. The molecule has 2 heterocycles. The minimum absolute atomic E-state index is 0.0469. The van der Waals surface area contributed by atoms with Gasteiger partial charge in [0.15, 0.2) is 0 Å². The van der Waals surface area contributed by atoms with Crippen LogP contribution in [0.2, 0.25) is 0 Å². The zero-order chi connectivity index (χ0) is 31.0. The second kappa shape index (κ2) is 11.7. The van der Waals surface area contributed by atoms with Crippen molar-refractivity contribution in [1.29, 1.82) is 0 Å². The van der Waals surface area contributed by atoms with Gasteiger partial charge in [-0.25, -0.2) is 0 Å². The lowest BCUT2D eigenvalue weighted by Crippen LogP contribution is -2.44. The third-order valence-corrected chi connectivity index (χ3v) is 7.65. The second-order valence-electron chi connectivity index (χ2n) is 11.0. The zero-order valence-electron chi connectivity index (χ0n) is 23.6. The Kier molecular flexibility index (Phi) is 8.73. The van der Waals surface area contributed by atoms with Crippen molar-refractivity contribution in [2.24, 2.45) is 0 Å². The van der Waals surface area contributed by atoms with Crippen molar-refractivity contribution in [2.45, 2.75) is 45.1 Å². The molecule has 3 aromatic rings. The van der Waals surface area contributed by atoms with Crippen LogP contribution >= 0.6 is 0 Å². The number of pyridine rings is 1. The molecule has 0 radical (unpaired) electrons. The molecule has 0 bridgehead atoms. The van der Waals surface area contributed by atoms with Gasteiger partial charge in [-0.05, 0) is 61.7 Å². The van der Waals surface area contributed by atoms with E-state index >= 15 is 0 Å². The highest BCUT2D eigenvalue weighted by molar-refractivity contribution is 6.00. The van der Waals surface area contributed by atoms with Gasteiger partial charge in [0.1, 0.15) is 0 Å². The molecule has 0 atom stereocenters. The van der Waals surface area contributed by atoms with Gasteiger partial charge in [-0.15, -0.1) is 0 Å². The van der Waals surface area contributed by atoms with Crippen LogP contribution in [-0.2, 0) is 29.1 Å². The number of likely N-dealkylation sites (N-methyl/N-ethyl adjacent to an activating group) is 1. The lowest BCUT2D eigenvalue weighted by atomic mass is 9.81. The van der Waals surface area contributed by atoms with E-state index in [1.54, 1.807) is 6.07 Å². The van der Waals surface area contributed by atoms with Crippen LogP contribution in [0.5, 0.6) is 0 Å². The number of alkyl halides is 6. The van der Waals surface area contributed by atoms with Gasteiger partial charge in [0.25, 0.3) is 0 Å². The normalized spacial score (nSPS) is 15.6. The Morgan fingerprint density at radius 1 is 0.881 bits per heavy atom. The average Bonchev–Trinajstić information content (AvgIpc) is 2.93. The number of carbonyl (C=O) groups is 1. The number of rotatable bonds is 6. The molecule has 1 aromatic heterocycles. The number of anilines is 1. The van der Waals surface area contributed by atoms with Crippen LogP contribution in [0, 0.1) is 6.92 Å². The lowest BCUT2D eigenvalue weighted by Gasteiger charge is -2.32. The summed E-state index contributed by atoms with van der Waals surface area (Å²) < 4.78 is 81.1. The Balaban J connectivity index is 1.73. The van der Waals surface area contributed by atoms with E-state index in [0.717, 1.165) is 22.4 Å².